The maximum absolute atomic E-state index is 14.0. The Morgan fingerprint density at radius 2 is 1.95 bits per heavy atom. The van der Waals surface area contributed by atoms with Crippen molar-refractivity contribution in [2.24, 2.45) is 11.7 Å². The number of hydrogen-bond donors (Lipinski definition) is 1. The average Bonchev–Trinajstić information content (AvgIpc) is 3.28. The highest BCUT2D eigenvalue weighted by molar-refractivity contribution is 5.34. The van der Waals surface area contributed by atoms with Crippen LogP contribution in [0.1, 0.15) is 29.5 Å². The van der Waals surface area contributed by atoms with Gasteiger partial charge in [-0.3, -0.25) is 0 Å². The molecule has 3 heteroatoms. The lowest BCUT2D eigenvalue weighted by Gasteiger charge is -2.14. The second-order valence-electron chi connectivity index (χ2n) is 5.33. The summed E-state index contributed by atoms with van der Waals surface area (Å²) in [4.78, 5) is 0. The summed E-state index contributed by atoms with van der Waals surface area (Å²) in [6.07, 6.45) is 1.02. The van der Waals surface area contributed by atoms with Crippen LogP contribution in [-0.2, 0) is 0 Å². The van der Waals surface area contributed by atoms with Gasteiger partial charge in [-0.15, -0.1) is 0 Å². The SMILES string of the molecule is COc1ccc(C(N)C2CC2c2ccccc2)c(F)c1. The van der Waals surface area contributed by atoms with E-state index in [4.69, 9.17) is 10.5 Å². The Hall–Kier alpha value is -1.87. The average molecular weight is 271 g/mol. The van der Waals surface area contributed by atoms with Crippen molar-refractivity contribution >= 4 is 0 Å². The van der Waals surface area contributed by atoms with E-state index >= 15 is 0 Å². The Balaban J connectivity index is 1.76. The predicted octanol–water partition coefficient (Wildman–Crippen LogP) is 3.64. The molecule has 0 radical (unpaired) electrons. The van der Waals surface area contributed by atoms with E-state index in [1.165, 1.54) is 18.7 Å². The standard InChI is InChI=1S/C17H18FNO/c1-20-12-7-8-13(16(18)9-12)17(19)15-10-14(15)11-5-3-2-4-6-11/h2-9,14-15,17H,10,19H2,1H3. The molecule has 0 heterocycles. The molecule has 3 atom stereocenters. The lowest BCUT2D eigenvalue weighted by molar-refractivity contribution is 0.409. The highest BCUT2D eigenvalue weighted by Gasteiger charge is 2.43. The van der Waals surface area contributed by atoms with Crippen molar-refractivity contribution in [2.45, 2.75) is 18.4 Å². The monoisotopic (exact) mass is 271 g/mol. The van der Waals surface area contributed by atoms with Crippen LogP contribution < -0.4 is 10.5 Å². The summed E-state index contributed by atoms with van der Waals surface area (Å²) in [5.74, 6) is 1.01. The van der Waals surface area contributed by atoms with Gasteiger partial charge in [-0.05, 0) is 29.9 Å². The highest BCUT2D eigenvalue weighted by atomic mass is 19.1. The van der Waals surface area contributed by atoms with Crippen LogP contribution >= 0.6 is 0 Å². The quantitative estimate of drug-likeness (QED) is 0.921. The van der Waals surface area contributed by atoms with Crippen LogP contribution in [0, 0.1) is 11.7 Å². The normalized spacial score (nSPS) is 22.4. The van der Waals surface area contributed by atoms with Crippen LogP contribution in [0.25, 0.3) is 0 Å². The Morgan fingerprint density at radius 1 is 1.20 bits per heavy atom. The third kappa shape index (κ3) is 2.41. The summed E-state index contributed by atoms with van der Waals surface area (Å²) in [5, 5.41) is 0. The molecule has 104 valence electrons. The first kappa shape index (κ1) is 13.1. The number of halogens is 1. The minimum Gasteiger partial charge on any atom is -0.497 e. The van der Waals surface area contributed by atoms with Gasteiger partial charge in [0.25, 0.3) is 0 Å². The Kier molecular flexibility index (Phi) is 3.45. The van der Waals surface area contributed by atoms with E-state index in [0.717, 1.165) is 6.42 Å². The molecular formula is C17H18FNO. The van der Waals surface area contributed by atoms with Crippen LogP contribution in [0.5, 0.6) is 5.75 Å². The van der Waals surface area contributed by atoms with Crippen molar-refractivity contribution in [3.63, 3.8) is 0 Å². The van der Waals surface area contributed by atoms with E-state index in [2.05, 4.69) is 12.1 Å². The lowest BCUT2D eigenvalue weighted by atomic mass is 9.99. The first-order chi connectivity index (χ1) is 9.70. The van der Waals surface area contributed by atoms with E-state index < -0.39 is 0 Å². The van der Waals surface area contributed by atoms with Crippen LogP contribution in [0.3, 0.4) is 0 Å². The molecule has 0 spiro atoms. The molecule has 0 aromatic heterocycles. The van der Waals surface area contributed by atoms with Gasteiger partial charge in [-0.25, -0.2) is 4.39 Å². The molecular weight excluding hydrogens is 253 g/mol. The molecule has 2 aromatic carbocycles. The smallest absolute Gasteiger partial charge is 0.131 e. The summed E-state index contributed by atoms with van der Waals surface area (Å²) in [5.41, 5.74) is 8.11. The molecule has 20 heavy (non-hydrogen) atoms. The number of rotatable bonds is 4. The van der Waals surface area contributed by atoms with Crippen molar-refractivity contribution in [1.29, 1.82) is 0 Å². The lowest BCUT2D eigenvalue weighted by Crippen LogP contribution is -2.15. The molecule has 2 N–H and O–H groups in total. The number of ether oxygens (including phenoxy) is 1. The van der Waals surface area contributed by atoms with Crippen LogP contribution in [0.4, 0.5) is 4.39 Å². The molecule has 1 aliphatic carbocycles. The van der Waals surface area contributed by atoms with Gasteiger partial charge in [0, 0.05) is 17.7 Å². The minimum atomic E-state index is -0.282. The zero-order chi connectivity index (χ0) is 14.1. The molecule has 1 saturated carbocycles. The third-order valence-corrected chi connectivity index (χ3v) is 4.10. The van der Waals surface area contributed by atoms with Gasteiger partial charge in [0.15, 0.2) is 0 Å². The van der Waals surface area contributed by atoms with Crippen LogP contribution in [0.15, 0.2) is 48.5 Å². The summed E-state index contributed by atoms with van der Waals surface area (Å²) in [6, 6.07) is 14.9. The second-order valence-corrected chi connectivity index (χ2v) is 5.33. The molecule has 0 saturated heterocycles. The number of hydrogen-bond acceptors (Lipinski definition) is 2. The fourth-order valence-corrected chi connectivity index (χ4v) is 2.83. The van der Waals surface area contributed by atoms with Gasteiger partial charge in [0.05, 0.1) is 7.11 Å². The van der Waals surface area contributed by atoms with Crippen molar-refractivity contribution in [1.82, 2.24) is 0 Å². The number of methoxy groups -OCH3 is 1. The molecule has 2 aromatic rings. The first-order valence-corrected chi connectivity index (χ1v) is 6.84. The van der Waals surface area contributed by atoms with Crippen molar-refractivity contribution < 1.29 is 9.13 Å². The number of nitrogens with two attached hydrogens (primary N) is 1. The van der Waals surface area contributed by atoms with Crippen LogP contribution in [-0.4, -0.2) is 7.11 Å². The fourth-order valence-electron chi connectivity index (χ4n) is 2.83. The van der Waals surface area contributed by atoms with E-state index in [1.807, 2.05) is 18.2 Å². The van der Waals surface area contributed by atoms with Gasteiger partial charge >= 0.3 is 0 Å². The summed E-state index contributed by atoms with van der Waals surface area (Å²) < 4.78 is 19.1. The van der Waals surface area contributed by atoms with Crippen molar-refractivity contribution in [3.05, 3.63) is 65.5 Å². The topological polar surface area (TPSA) is 35.2 Å². The second kappa shape index (κ2) is 5.25. The zero-order valence-electron chi connectivity index (χ0n) is 11.4. The molecule has 2 nitrogen and oxygen atoms in total. The van der Waals surface area contributed by atoms with E-state index in [-0.39, 0.29) is 11.9 Å². The minimum absolute atomic E-state index is 0.258. The van der Waals surface area contributed by atoms with Gasteiger partial charge in [-0.1, -0.05) is 36.4 Å². The van der Waals surface area contributed by atoms with E-state index in [0.29, 0.717) is 23.1 Å². The summed E-state index contributed by atoms with van der Waals surface area (Å²) >= 11 is 0. The predicted molar refractivity (Wildman–Crippen MR) is 77.2 cm³/mol. The molecule has 0 amide bonds. The number of benzene rings is 2. The fraction of sp³-hybridized carbons (Fsp3) is 0.294. The molecule has 3 unspecified atom stereocenters. The third-order valence-electron chi connectivity index (χ3n) is 4.10. The maximum Gasteiger partial charge on any atom is 0.131 e. The Morgan fingerprint density at radius 3 is 2.60 bits per heavy atom. The van der Waals surface area contributed by atoms with Gasteiger partial charge in [0.2, 0.25) is 0 Å². The zero-order valence-corrected chi connectivity index (χ0v) is 11.4. The molecule has 1 aliphatic rings. The Bertz CT molecular complexity index is 599. The Labute approximate surface area is 118 Å². The first-order valence-electron chi connectivity index (χ1n) is 6.84. The molecule has 1 fully saturated rings. The van der Waals surface area contributed by atoms with Crippen molar-refractivity contribution in [2.75, 3.05) is 7.11 Å². The van der Waals surface area contributed by atoms with Gasteiger partial charge < -0.3 is 10.5 Å². The molecule has 3 rings (SSSR count). The summed E-state index contributed by atoms with van der Waals surface area (Å²) in [6.45, 7) is 0. The molecule has 0 aliphatic heterocycles. The van der Waals surface area contributed by atoms with Crippen molar-refractivity contribution in [3.8, 4) is 5.75 Å². The van der Waals surface area contributed by atoms with E-state index in [1.54, 1.807) is 12.1 Å². The highest BCUT2D eigenvalue weighted by Crippen LogP contribution is 2.53. The molecule has 0 bridgehead atoms. The van der Waals surface area contributed by atoms with Gasteiger partial charge in [0.1, 0.15) is 11.6 Å². The summed E-state index contributed by atoms with van der Waals surface area (Å²) in [7, 11) is 1.53. The largest absolute Gasteiger partial charge is 0.497 e. The van der Waals surface area contributed by atoms with E-state index in [9.17, 15) is 4.39 Å². The van der Waals surface area contributed by atoms with Gasteiger partial charge in [-0.2, -0.15) is 0 Å². The maximum atomic E-state index is 14.0. The van der Waals surface area contributed by atoms with Crippen LogP contribution in [0.2, 0.25) is 0 Å².